The van der Waals surface area contributed by atoms with Gasteiger partial charge in [0.15, 0.2) is 0 Å². The van der Waals surface area contributed by atoms with Gasteiger partial charge in [0, 0.05) is 25.3 Å². The third kappa shape index (κ3) is 4.47. The van der Waals surface area contributed by atoms with Crippen LogP contribution in [0.3, 0.4) is 0 Å². The minimum absolute atomic E-state index is 0.318. The van der Waals surface area contributed by atoms with Gasteiger partial charge in [0.25, 0.3) is 0 Å². The van der Waals surface area contributed by atoms with Gasteiger partial charge in [0.1, 0.15) is 5.75 Å². The van der Waals surface area contributed by atoms with Crippen LogP contribution >= 0.6 is 0 Å². The smallest absolute Gasteiger partial charge is 0.338 e. The van der Waals surface area contributed by atoms with Crippen LogP contribution in [0.1, 0.15) is 31.9 Å². The second-order valence-electron chi connectivity index (χ2n) is 7.83. The summed E-state index contributed by atoms with van der Waals surface area (Å²) in [5.41, 5.74) is 1.85. The number of ether oxygens (including phenoxy) is 2. The highest BCUT2D eigenvalue weighted by molar-refractivity contribution is 5.95. The fourth-order valence-electron chi connectivity index (χ4n) is 4.28. The maximum absolute atomic E-state index is 12.6. The molecule has 0 unspecified atom stereocenters. The van der Waals surface area contributed by atoms with Crippen LogP contribution < -0.4 is 15.4 Å². The van der Waals surface area contributed by atoms with Gasteiger partial charge in [0.2, 0.25) is 0 Å². The van der Waals surface area contributed by atoms with Crippen LogP contribution in [0.25, 0.3) is 0 Å². The molecule has 152 valence electrons. The highest BCUT2D eigenvalue weighted by Gasteiger charge is 2.35. The molecular weight excluding hydrogens is 358 g/mol. The molecule has 7 heteroatoms. The molecule has 1 fully saturated rings. The summed E-state index contributed by atoms with van der Waals surface area (Å²) in [6, 6.07) is 6.43. The van der Waals surface area contributed by atoms with Gasteiger partial charge >= 0.3 is 12.0 Å². The van der Waals surface area contributed by atoms with E-state index in [1.54, 1.807) is 7.11 Å². The first-order valence-electron chi connectivity index (χ1n) is 9.66. The number of benzene rings is 1. The van der Waals surface area contributed by atoms with Crippen LogP contribution in [-0.2, 0) is 9.53 Å². The van der Waals surface area contributed by atoms with Crippen molar-refractivity contribution in [2.24, 2.45) is 11.8 Å². The molecule has 0 radical (unpaired) electrons. The van der Waals surface area contributed by atoms with E-state index in [2.05, 4.69) is 29.4 Å². The second-order valence-corrected chi connectivity index (χ2v) is 7.83. The zero-order valence-electron chi connectivity index (χ0n) is 17.0. The lowest BCUT2D eigenvalue weighted by Gasteiger charge is -2.37. The molecule has 2 aliphatic rings. The number of nitrogens with one attached hydrogen (secondary N) is 2. The number of hydrogen-bond donors (Lipinski definition) is 2. The van der Waals surface area contributed by atoms with Crippen molar-refractivity contribution in [2.75, 3.05) is 33.9 Å². The number of hydrogen-bond acceptors (Lipinski definition) is 5. The molecule has 28 heavy (non-hydrogen) atoms. The summed E-state index contributed by atoms with van der Waals surface area (Å²) in [4.78, 5) is 27.3. The molecule has 0 aliphatic carbocycles. The summed E-state index contributed by atoms with van der Waals surface area (Å²) in [6.07, 6.45) is 1.20. The molecule has 0 spiro atoms. The molecule has 1 saturated heterocycles. The predicted molar refractivity (Wildman–Crippen MR) is 106 cm³/mol. The summed E-state index contributed by atoms with van der Waals surface area (Å²) in [5.74, 6) is 1.44. The van der Waals surface area contributed by atoms with Crippen LogP contribution in [-0.4, -0.2) is 50.8 Å². The van der Waals surface area contributed by atoms with Crippen LogP contribution in [0.15, 0.2) is 35.5 Å². The van der Waals surface area contributed by atoms with Crippen molar-refractivity contribution in [1.82, 2.24) is 15.5 Å². The zero-order valence-corrected chi connectivity index (χ0v) is 17.0. The van der Waals surface area contributed by atoms with Gasteiger partial charge in [-0.2, -0.15) is 0 Å². The van der Waals surface area contributed by atoms with E-state index in [4.69, 9.17) is 9.47 Å². The molecular formula is C21H29N3O4. The van der Waals surface area contributed by atoms with Gasteiger partial charge in [-0.15, -0.1) is 0 Å². The van der Waals surface area contributed by atoms with Crippen molar-refractivity contribution >= 4 is 12.0 Å². The normalized spacial score (nSPS) is 25.7. The van der Waals surface area contributed by atoms with Crippen LogP contribution in [0.5, 0.6) is 5.75 Å². The van der Waals surface area contributed by atoms with Crippen molar-refractivity contribution < 1.29 is 19.1 Å². The minimum Gasteiger partial charge on any atom is -0.497 e. The first kappa shape index (κ1) is 20.2. The molecule has 3 rings (SSSR count). The Labute approximate surface area is 166 Å². The van der Waals surface area contributed by atoms with Gasteiger partial charge in [-0.1, -0.05) is 26.0 Å². The lowest BCUT2D eigenvalue weighted by molar-refractivity contribution is -0.136. The van der Waals surface area contributed by atoms with Crippen molar-refractivity contribution in [3.05, 3.63) is 41.1 Å². The Hall–Kier alpha value is -2.54. The van der Waals surface area contributed by atoms with E-state index in [-0.39, 0.29) is 6.03 Å². The summed E-state index contributed by atoms with van der Waals surface area (Å²) in [5, 5.41) is 5.70. The molecule has 0 bridgehead atoms. The first-order chi connectivity index (χ1) is 13.4. The average molecular weight is 387 g/mol. The van der Waals surface area contributed by atoms with Crippen molar-refractivity contribution in [3.63, 3.8) is 0 Å². The van der Waals surface area contributed by atoms with E-state index in [1.807, 2.05) is 24.3 Å². The van der Waals surface area contributed by atoms with Crippen molar-refractivity contribution in [3.8, 4) is 5.75 Å². The number of esters is 1. The number of carbonyl (C=O) groups is 2. The average Bonchev–Trinajstić information content (AvgIpc) is 2.66. The number of likely N-dealkylation sites (tertiary alicyclic amines) is 1. The maximum Gasteiger partial charge on any atom is 0.338 e. The van der Waals surface area contributed by atoms with Gasteiger partial charge in [-0.3, -0.25) is 4.90 Å². The Kier molecular flexibility index (Phi) is 6.24. The van der Waals surface area contributed by atoms with E-state index in [9.17, 15) is 9.59 Å². The van der Waals surface area contributed by atoms with Crippen LogP contribution in [0.2, 0.25) is 0 Å². The number of urea groups is 1. The monoisotopic (exact) mass is 387 g/mol. The Morgan fingerprint density at radius 1 is 1.14 bits per heavy atom. The topological polar surface area (TPSA) is 79.9 Å². The molecule has 0 aromatic heterocycles. The lowest BCUT2D eigenvalue weighted by Crippen LogP contribution is -2.50. The SMILES string of the molecule is COC(=O)C1=C(CN2C[C@H](C)C[C@@H](C)C2)NC(=O)N[C@H]1c1ccc(OC)cc1. The first-order valence-corrected chi connectivity index (χ1v) is 9.66. The molecule has 2 N–H and O–H groups in total. The Morgan fingerprint density at radius 2 is 1.79 bits per heavy atom. The fourth-order valence-corrected chi connectivity index (χ4v) is 4.28. The summed E-state index contributed by atoms with van der Waals surface area (Å²) < 4.78 is 10.3. The highest BCUT2D eigenvalue weighted by atomic mass is 16.5. The number of carbonyl (C=O) groups excluding carboxylic acids is 2. The quantitative estimate of drug-likeness (QED) is 0.759. The standard InChI is InChI=1S/C21H29N3O4/c1-13-9-14(2)11-24(10-13)12-17-18(20(25)28-4)19(23-21(26)22-17)15-5-7-16(27-3)8-6-15/h5-8,13-14,19H,9-12H2,1-4H3,(H2,22,23,26)/t13-,14-,19+/m1/s1. The largest absolute Gasteiger partial charge is 0.497 e. The van der Waals surface area contributed by atoms with Gasteiger partial charge in [-0.05, 0) is 36.0 Å². The van der Waals surface area contributed by atoms with Crippen LogP contribution in [0, 0.1) is 11.8 Å². The highest BCUT2D eigenvalue weighted by Crippen LogP contribution is 2.30. The van der Waals surface area contributed by atoms with E-state index in [1.165, 1.54) is 13.5 Å². The summed E-state index contributed by atoms with van der Waals surface area (Å²) in [7, 11) is 2.96. The third-order valence-electron chi connectivity index (χ3n) is 5.33. The van der Waals surface area contributed by atoms with E-state index < -0.39 is 12.0 Å². The number of amides is 2. The summed E-state index contributed by atoms with van der Waals surface area (Å²) in [6.45, 7) is 6.87. The third-order valence-corrected chi connectivity index (χ3v) is 5.33. The summed E-state index contributed by atoms with van der Waals surface area (Å²) >= 11 is 0. The van der Waals surface area contributed by atoms with E-state index >= 15 is 0 Å². The van der Waals surface area contributed by atoms with Crippen molar-refractivity contribution in [2.45, 2.75) is 26.3 Å². The number of rotatable bonds is 5. The Morgan fingerprint density at radius 3 is 2.36 bits per heavy atom. The molecule has 7 nitrogen and oxygen atoms in total. The number of methoxy groups -OCH3 is 2. The molecule has 1 aromatic carbocycles. The number of piperidine rings is 1. The molecule has 2 amide bonds. The number of nitrogens with zero attached hydrogens (tertiary/aromatic N) is 1. The molecule has 2 aliphatic heterocycles. The van der Waals surface area contributed by atoms with Gasteiger partial charge in [-0.25, -0.2) is 9.59 Å². The van der Waals surface area contributed by atoms with E-state index in [0.717, 1.165) is 18.7 Å². The Balaban J connectivity index is 1.95. The van der Waals surface area contributed by atoms with Crippen LogP contribution in [0.4, 0.5) is 4.79 Å². The molecule has 3 atom stereocenters. The molecule has 0 saturated carbocycles. The lowest BCUT2D eigenvalue weighted by atomic mass is 9.91. The minimum atomic E-state index is -0.568. The molecule has 1 aromatic rings. The van der Waals surface area contributed by atoms with Gasteiger partial charge < -0.3 is 20.1 Å². The Bertz CT molecular complexity index is 749. The maximum atomic E-state index is 12.6. The second kappa shape index (κ2) is 8.65. The van der Waals surface area contributed by atoms with Gasteiger partial charge in [0.05, 0.1) is 25.8 Å². The van der Waals surface area contributed by atoms with E-state index in [0.29, 0.717) is 35.4 Å². The molecule has 2 heterocycles. The fraction of sp³-hybridized carbons (Fsp3) is 0.524. The zero-order chi connectivity index (χ0) is 20.3. The van der Waals surface area contributed by atoms with Crippen molar-refractivity contribution in [1.29, 1.82) is 0 Å². The predicted octanol–water partition coefficient (Wildman–Crippen LogP) is 2.45.